The number of amides is 1. The lowest BCUT2D eigenvalue weighted by atomic mass is 9.83. The monoisotopic (exact) mass is 861 g/mol. The summed E-state index contributed by atoms with van der Waals surface area (Å²) in [6.45, 7) is 10.7. The molecule has 14 heteroatoms. The van der Waals surface area contributed by atoms with Crippen LogP contribution >= 0.6 is 0 Å². The second-order valence-electron chi connectivity index (χ2n) is 19.9. The van der Waals surface area contributed by atoms with Crippen molar-refractivity contribution in [1.29, 1.82) is 5.26 Å². The van der Waals surface area contributed by atoms with E-state index in [4.69, 9.17) is 9.84 Å². The molecule has 326 valence electrons. The van der Waals surface area contributed by atoms with Crippen molar-refractivity contribution < 1.29 is 18.3 Å². The lowest BCUT2D eigenvalue weighted by Crippen LogP contribution is -2.45. The van der Waals surface area contributed by atoms with Crippen molar-refractivity contribution in [1.82, 2.24) is 38.2 Å². The van der Waals surface area contributed by atoms with E-state index in [1.807, 2.05) is 27.1 Å². The molecular weight excluding hydrogens is 813 g/mol. The third kappa shape index (κ3) is 5.78. The smallest absolute Gasteiger partial charge is 0.338 e. The van der Waals surface area contributed by atoms with Crippen molar-refractivity contribution in [2.75, 3.05) is 13.2 Å². The van der Waals surface area contributed by atoms with Gasteiger partial charge in [-0.25, -0.2) is 18.3 Å². The van der Waals surface area contributed by atoms with Gasteiger partial charge < -0.3 is 14.2 Å². The molecule has 12 nitrogen and oxygen atoms in total. The van der Waals surface area contributed by atoms with Gasteiger partial charge in [-0.05, 0) is 145 Å². The Balaban J connectivity index is 1.00. The van der Waals surface area contributed by atoms with Gasteiger partial charge in [0.1, 0.15) is 28.7 Å². The van der Waals surface area contributed by atoms with Crippen molar-refractivity contribution >= 4 is 27.7 Å². The summed E-state index contributed by atoms with van der Waals surface area (Å²) in [5, 5.41) is 22.1. The Hall–Kier alpha value is -6.33. The van der Waals surface area contributed by atoms with Gasteiger partial charge in [-0.3, -0.25) is 18.6 Å². The van der Waals surface area contributed by atoms with Gasteiger partial charge in [0.05, 0.1) is 58.1 Å². The average Bonchev–Trinajstić information content (AvgIpc) is 4.24. The first-order valence-electron chi connectivity index (χ1n) is 22.6. The first-order chi connectivity index (χ1) is 30.7. The Morgan fingerprint density at radius 2 is 1.67 bits per heavy atom. The standard InChI is InChI=1S/C50H49F2N9O3/c1-28-18-36(19-29(2)43(28)52)61-45(57-16-15-56(47(57)63)40-22-34-25-54-60(35-7-8-35)39(34)23-37(40)51)42-30(3)58(27-49(11-12-49)44(42)55-61)46(62)41-21-33-20-31(32-10-17-64-48(4,5)24-32)6-9-38(33)59(41)50(26-53)13-14-50/h6,9,15-16,18-23,25,30,32,35H,7-8,10-14,17,24,27H2,1-5H3/t30-,32-/m0/s1. The average molecular weight is 862 g/mol. The van der Waals surface area contributed by atoms with Gasteiger partial charge in [0.15, 0.2) is 0 Å². The van der Waals surface area contributed by atoms with Gasteiger partial charge in [0.25, 0.3) is 5.91 Å². The molecular formula is C50H49F2N9O3. The van der Waals surface area contributed by atoms with Gasteiger partial charge in [-0.15, -0.1) is 0 Å². The Kier molecular flexibility index (Phi) is 8.20. The molecule has 3 aromatic carbocycles. The Bertz CT molecular complexity index is 3230. The van der Waals surface area contributed by atoms with E-state index < -0.39 is 28.5 Å². The summed E-state index contributed by atoms with van der Waals surface area (Å²) in [5.41, 5.74) is 4.13. The van der Waals surface area contributed by atoms with Gasteiger partial charge in [0.2, 0.25) is 0 Å². The summed E-state index contributed by atoms with van der Waals surface area (Å²) in [4.78, 5) is 32.2. The number of nitriles is 1. The first-order valence-corrected chi connectivity index (χ1v) is 22.6. The molecule has 7 aromatic rings. The normalized spacial score (nSPS) is 21.7. The summed E-state index contributed by atoms with van der Waals surface area (Å²) < 4.78 is 45.7. The molecule has 5 aliphatic rings. The van der Waals surface area contributed by atoms with Gasteiger partial charge in [-0.1, -0.05) is 6.07 Å². The molecule has 0 unspecified atom stereocenters. The van der Waals surface area contributed by atoms with E-state index >= 15 is 13.6 Å². The highest BCUT2D eigenvalue weighted by molar-refractivity contribution is 6.00. The molecule has 1 amide bonds. The molecule has 0 bridgehead atoms. The van der Waals surface area contributed by atoms with Crippen LogP contribution in [0.15, 0.2) is 71.9 Å². The zero-order valence-corrected chi connectivity index (χ0v) is 36.7. The van der Waals surface area contributed by atoms with Crippen molar-refractivity contribution in [2.45, 2.75) is 121 Å². The molecule has 1 saturated heterocycles. The van der Waals surface area contributed by atoms with Gasteiger partial charge in [0, 0.05) is 53.4 Å². The highest BCUT2D eigenvalue weighted by atomic mass is 19.1. The molecule has 0 N–H and O–H groups in total. The van der Waals surface area contributed by atoms with Crippen LogP contribution < -0.4 is 5.69 Å². The zero-order chi connectivity index (χ0) is 44.2. The third-order valence-corrected chi connectivity index (χ3v) is 14.9. The van der Waals surface area contributed by atoms with E-state index in [2.05, 4.69) is 43.2 Å². The van der Waals surface area contributed by atoms with E-state index in [0.717, 1.165) is 60.5 Å². The van der Waals surface area contributed by atoms with Crippen LogP contribution in [-0.4, -0.2) is 62.8 Å². The second-order valence-corrected chi connectivity index (χ2v) is 19.9. The number of carbonyl (C=O) groups is 1. The van der Waals surface area contributed by atoms with Gasteiger partial charge >= 0.3 is 5.69 Å². The molecule has 4 aromatic heterocycles. The van der Waals surface area contributed by atoms with E-state index in [1.165, 1.54) is 20.8 Å². The Morgan fingerprint density at radius 1 is 0.922 bits per heavy atom. The molecule has 2 aliphatic heterocycles. The summed E-state index contributed by atoms with van der Waals surface area (Å²) in [6, 6.07) is 17.2. The molecule has 64 heavy (non-hydrogen) atoms. The number of imidazole rings is 1. The molecule has 12 rings (SSSR count). The van der Waals surface area contributed by atoms with Crippen LogP contribution in [0.1, 0.15) is 129 Å². The number of nitrogens with zero attached hydrogens (tertiary/aromatic N) is 9. The number of hydrogen-bond donors (Lipinski definition) is 0. The summed E-state index contributed by atoms with van der Waals surface area (Å²) >= 11 is 0. The molecule has 0 radical (unpaired) electrons. The number of benzene rings is 3. The number of hydrogen-bond acceptors (Lipinski definition) is 6. The van der Waals surface area contributed by atoms with Crippen LogP contribution in [0.3, 0.4) is 0 Å². The molecule has 1 spiro atoms. The number of aryl methyl sites for hydroxylation is 2. The summed E-state index contributed by atoms with van der Waals surface area (Å²) in [7, 11) is 0. The number of aromatic nitrogens is 7. The predicted molar refractivity (Wildman–Crippen MR) is 237 cm³/mol. The maximum atomic E-state index is 16.1. The van der Waals surface area contributed by atoms with Crippen LogP contribution in [-0.2, 0) is 15.7 Å². The fourth-order valence-corrected chi connectivity index (χ4v) is 11.0. The minimum Gasteiger partial charge on any atom is -0.376 e. The molecule has 4 fully saturated rings. The van der Waals surface area contributed by atoms with Crippen LogP contribution in [0, 0.1) is 36.8 Å². The quantitative estimate of drug-likeness (QED) is 0.158. The maximum Gasteiger partial charge on any atom is 0.338 e. The van der Waals surface area contributed by atoms with Crippen molar-refractivity contribution in [3.63, 3.8) is 0 Å². The van der Waals surface area contributed by atoms with Crippen molar-refractivity contribution in [3.05, 3.63) is 123 Å². The number of ether oxygens (including phenoxy) is 1. The lowest BCUT2D eigenvalue weighted by Gasteiger charge is -2.38. The van der Waals surface area contributed by atoms with Crippen LogP contribution in [0.5, 0.6) is 0 Å². The number of carbonyl (C=O) groups excluding carboxylic acids is 1. The van der Waals surface area contributed by atoms with Gasteiger partial charge in [-0.2, -0.15) is 15.5 Å². The Labute approximate surface area is 368 Å². The molecule has 3 saturated carbocycles. The second kappa shape index (κ2) is 13.4. The number of fused-ring (bicyclic) bond motifs is 4. The predicted octanol–water partition coefficient (Wildman–Crippen LogP) is 9.28. The van der Waals surface area contributed by atoms with Crippen LogP contribution in [0.4, 0.5) is 8.78 Å². The minimum absolute atomic E-state index is 0.0894. The third-order valence-electron chi connectivity index (χ3n) is 14.9. The van der Waals surface area contributed by atoms with E-state index in [-0.39, 0.29) is 29.1 Å². The van der Waals surface area contributed by atoms with Crippen LogP contribution in [0.25, 0.3) is 39.0 Å². The summed E-state index contributed by atoms with van der Waals surface area (Å²) in [6.07, 6.45) is 11.5. The molecule has 3 aliphatic carbocycles. The lowest BCUT2D eigenvalue weighted by molar-refractivity contribution is -0.0592. The van der Waals surface area contributed by atoms with Crippen LogP contribution in [0.2, 0.25) is 0 Å². The van der Waals surface area contributed by atoms with E-state index in [1.54, 1.807) is 55.3 Å². The fraction of sp³-hybridized carbons (Fsp3) is 0.420. The topological polar surface area (TPSA) is 121 Å². The Morgan fingerprint density at radius 3 is 2.36 bits per heavy atom. The summed E-state index contributed by atoms with van der Waals surface area (Å²) in [5.74, 6) is -0.361. The highest BCUT2D eigenvalue weighted by Crippen LogP contribution is 2.56. The SMILES string of the molecule is Cc1cc(-n2nc3c(c2-n2ccn(-c4cc5cnn(C6CC6)c5cc4F)c2=O)[C@H](C)N(C(=O)c2cc4cc([C@H]5CCOC(C)(C)C5)ccc4n2C2(C#N)CC2)CC32CC2)cc(C)c1F. The van der Waals surface area contributed by atoms with E-state index in [9.17, 15) is 10.1 Å². The number of halogens is 2. The minimum atomic E-state index is -0.824. The highest BCUT2D eigenvalue weighted by Gasteiger charge is 2.56. The molecule has 2 atom stereocenters. The molecule has 6 heterocycles. The van der Waals surface area contributed by atoms with E-state index in [0.29, 0.717) is 71.3 Å². The zero-order valence-electron chi connectivity index (χ0n) is 36.7. The number of rotatable bonds is 7. The largest absolute Gasteiger partial charge is 0.376 e. The van der Waals surface area contributed by atoms with Crippen molar-refractivity contribution in [2.24, 2.45) is 0 Å². The fourth-order valence-electron chi connectivity index (χ4n) is 11.0. The van der Waals surface area contributed by atoms with Crippen molar-refractivity contribution in [3.8, 4) is 23.3 Å². The maximum absolute atomic E-state index is 16.1. The first kappa shape index (κ1) is 39.3.